The van der Waals surface area contributed by atoms with Crippen LogP contribution in [0.15, 0.2) is 28.9 Å². The molecule has 2 rings (SSSR count). The van der Waals surface area contributed by atoms with Crippen molar-refractivity contribution >= 4 is 11.0 Å². The van der Waals surface area contributed by atoms with Gasteiger partial charge in [0.1, 0.15) is 0 Å². The van der Waals surface area contributed by atoms with E-state index in [-0.39, 0.29) is 0 Å². The topological polar surface area (TPSA) is 26.0 Å². The molecule has 0 saturated carbocycles. The van der Waals surface area contributed by atoms with Gasteiger partial charge >= 0.3 is 0 Å². The van der Waals surface area contributed by atoms with E-state index in [1.807, 2.05) is 25.1 Å². The Kier molecular flexibility index (Phi) is 1.01. The van der Waals surface area contributed by atoms with Gasteiger partial charge in [-0.1, -0.05) is 16.8 Å². The lowest BCUT2D eigenvalue weighted by atomic mass is 10.2. The lowest BCUT2D eigenvalue weighted by Gasteiger charge is -1.87. The molecule has 0 bridgehead atoms. The van der Waals surface area contributed by atoms with E-state index < -0.39 is 0 Å². The van der Waals surface area contributed by atoms with E-state index in [2.05, 4.69) is 5.16 Å². The minimum absolute atomic E-state index is 0.852. The van der Waals surface area contributed by atoms with E-state index in [4.69, 9.17) is 4.52 Å². The molecule has 0 aliphatic carbocycles. The Morgan fingerprint density at radius 2 is 2.30 bits per heavy atom. The Labute approximate surface area is 58.4 Å². The van der Waals surface area contributed by atoms with E-state index in [1.165, 1.54) is 5.56 Å². The molecule has 50 valence electrons. The van der Waals surface area contributed by atoms with Crippen LogP contribution in [0.5, 0.6) is 0 Å². The molecular formula is C8H7NO. The molecule has 0 spiro atoms. The molecule has 1 aromatic heterocycles. The van der Waals surface area contributed by atoms with Crippen LogP contribution in [-0.2, 0) is 0 Å². The quantitative estimate of drug-likeness (QED) is 0.550. The number of hydrogen-bond donors (Lipinski definition) is 0. The fraction of sp³-hybridized carbons (Fsp3) is 0.125. The first kappa shape index (κ1) is 5.47. The highest BCUT2D eigenvalue weighted by Crippen LogP contribution is 2.13. The molecule has 0 amide bonds. The molecule has 1 heterocycles. The number of rotatable bonds is 0. The van der Waals surface area contributed by atoms with Gasteiger partial charge in [-0.25, -0.2) is 0 Å². The maximum absolute atomic E-state index is 4.92. The van der Waals surface area contributed by atoms with E-state index in [0.29, 0.717) is 0 Å². The summed E-state index contributed by atoms with van der Waals surface area (Å²) in [6.45, 7) is 2.05. The van der Waals surface area contributed by atoms with Crippen molar-refractivity contribution in [2.45, 2.75) is 6.92 Å². The molecule has 10 heavy (non-hydrogen) atoms. The van der Waals surface area contributed by atoms with Gasteiger partial charge in [-0.15, -0.1) is 0 Å². The zero-order chi connectivity index (χ0) is 6.97. The lowest BCUT2D eigenvalue weighted by molar-refractivity contribution is 0.456. The van der Waals surface area contributed by atoms with Gasteiger partial charge < -0.3 is 4.52 Å². The van der Waals surface area contributed by atoms with Gasteiger partial charge in [-0.2, -0.15) is 0 Å². The Hall–Kier alpha value is -1.31. The molecule has 0 atom stereocenters. The van der Waals surface area contributed by atoms with Crippen molar-refractivity contribution in [1.82, 2.24) is 5.16 Å². The van der Waals surface area contributed by atoms with Crippen LogP contribution < -0.4 is 0 Å². The maximum atomic E-state index is 4.92. The number of benzene rings is 1. The van der Waals surface area contributed by atoms with E-state index in [0.717, 1.165) is 11.0 Å². The summed E-state index contributed by atoms with van der Waals surface area (Å²) in [5.74, 6) is 0. The number of aromatic nitrogens is 1. The van der Waals surface area contributed by atoms with Crippen LogP contribution in [0.4, 0.5) is 0 Å². The van der Waals surface area contributed by atoms with Gasteiger partial charge in [0.25, 0.3) is 0 Å². The summed E-state index contributed by atoms with van der Waals surface area (Å²) in [4.78, 5) is 0. The minimum atomic E-state index is 0.852. The number of aryl methyl sites for hydroxylation is 1. The predicted octanol–water partition coefficient (Wildman–Crippen LogP) is 2.14. The zero-order valence-corrected chi connectivity index (χ0v) is 5.66. The largest absolute Gasteiger partial charge is 0.356 e. The summed E-state index contributed by atoms with van der Waals surface area (Å²) in [6, 6.07) is 5.98. The molecule has 0 saturated heterocycles. The third kappa shape index (κ3) is 0.692. The first-order chi connectivity index (χ1) is 4.86. The van der Waals surface area contributed by atoms with Crippen molar-refractivity contribution in [1.29, 1.82) is 0 Å². The smallest absolute Gasteiger partial charge is 0.166 e. The third-order valence-corrected chi connectivity index (χ3v) is 1.51. The summed E-state index contributed by atoms with van der Waals surface area (Å²) in [5, 5.41) is 4.74. The van der Waals surface area contributed by atoms with Crippen LogP contribution in [-0.4, -0.2) is 5.16 Å². The highest BCUT2D eigenvalue weighted by molar-refractivity contribution is 5.76. The second-order valence-corrected chi connectivity index (χ2v) is 2.37. The average molecular weight is 133 g/mol. The van der Waals surface area contributed by atoms with Gasteiger partial charge in [0.05, 0.1) is 6.20 Å². The second-order valence-electron chi connectivity index (χ2n) is 2.37. The van der Waals surface area contributed by atoms with Crippen LogP contribution in [0.3, 0.4) is 0 Å². The van der Waals surface area contributed by atoms with Gasteiger partial charge in [-0.3, -0.25) is 0 Å². The van der Waals surface area contributed by atoms with E-state index in [9.17, 15) is 0 Å². The van der Waals surface area contributed by atoms with Crippen molar-refractivity contribution in [3.63, 3.8) is 0 Å². The lowest BCUT2D eigenvalue weighted by Crippen LogP contribution is -1.67. The Morgan fingerprint density at radius 1 is 1.40 bits per heavy atom. The van der Waals surface area contributed by atoms with Crippen molar-refractivity contribution < 1.29 is 4.52 Å². The fourth-order valence-electron chi connectivity index (χ4n) is 0.992. The fourth-order valence-corrected chi connectivity index (χ4v) is 0.992. The van der Waals surface area contributed by atoms with Crippen molar-refractivity contribution in [3.05, 3.63) is 30.0 Å². The summed E-state index contributed by atoms with van der Waals surface area (Å²) in [5.41, 5.74) is 2.08. The molecule has 1 aromatic carbocycles. The minimum Gasteiger partial charge on any atom is -0.356 e. The van der Waals surface area contributed by atoms with Gasteiger partial charge in [0, 0.05) is 5.39 Å². The molecular weight excluding hydrogens is 126 g/mol. The molecule has 2 heteroatoms. The van der Waals surface area contributed by atoms with Gasteiger partial charge in [-0.05, 0) is 19.1 Å². The van der Waals surface area contributed by atoms with Gasteiger partial charge in [0.2, 0.25) is 0 Å². The molecule has 0 aliphatic heterocycles. The Bertz CT molecular complexity index is 351. The number of fused-ring (bicyclic) bond motifs is 1. The highest BCUT2D eigenvalue weighted by atomic mass is 16.5. The molecule has 0 fully saturated rings. The average Bonchev–Trinajstić information content (AvgIpc) is 2.33. The summed E-state index contributed by atoms with van der Waals surface area (Å²) in [6.07, 6.45) is 1.72. The SMILES string of the molecule is Cc1ccc2oncc2c1. The predicted molar refractivity (Wildman–Crippen MR) is 38.7 cm³/mol. The van der Waals surface area contributed by atoms with Crippen LogP contribution in [0.2, 0.25) is 0 Å². The van der Waals surface area contributed by atoms with Crippen molar-refractivity contribution in [2.24, 2.45) is 0 Å². The summed E-state index contributed by atoms with van der Waals surface area (Å²) >= 11 is 0. The number of nitrogens with zero attached hydrogens (tertiary/aromatic N) is 1. The molecule has 0 radical (unpaired) electrons. The van der Waals surface area contributed by atoms with Crippen LogP contribution in [0, 0.1) is 6.92 Å². The standard InChI is InChI=1S/C8H7NO/c1-6-2-3-8-7(4-6)5-9-10-8/h2-5H,1H3. The van der Waals surface area contributed by atoms with E-state index >= 15 is 0 Å². The molecule has 0 N–H and O–H groups in total. The maximum Gasteiger partial charge on any atom is 0.166 e. The molecule has 0 aliphatic rings. The molecule has 2 aromatic rings. The van der Waals surface area contributed by atoms with E-state index in [1.54, 1.807) is 6.20 Å². The second kappa shape index (κ2) is 1.84. The first-order valence-electron chi connectivity index (χ1n) is 3.17. The highest BCUT2D eigenvalue weighted by Gasteiger charge is 1.95. The first-order valence-corrected chi connectivity index (χ1v) is 3.17. The van der Waals surface area contributed by atoms with Crippen molar-refractivity contribution in [3.8, 4) is 0 Å². The molecule has 2 nitrogen and oxygen atoms in total. The van der Waals surface area contributed by atoms with Crippen LogP contribution >= 0.6 is 0 Å². The van der Waals surface area contributed by atoms with Gasteiger partial charge in [0.15, 0.2) is 5.58 Å². The Balaban J connectivity index is 2.86. The van der Waals surface area contributed by atoms with Crippen LogP contribution in [0.1, 0.15) is 5.56 Å². The monoisotopic (exact) mass is 133 g/mol. The van der Waals surface area contributed by atoms with Crippen molar-refractivity contribution in [2.75, 3.05) is 0 Å². The van der Waals surface area contributed by atoms with Crippen LogP contribution in [0.25, 0.3) is 11.0 Å². The zero-order valence-electron chi connectivity index (χ0n) is 5.66. The Morgan fingerprint density at radius 3 is 3.20 bits per heavy atom. The third-order valence-electron chi connectivity index (χ3n) is 1.51. The summed E-state index contributed by atoms with van der Waals surface area (Å²) in [7, 11) is 0. The number of hydrogen-bond acceptors (Lipinski definition) is 2. The summed E-state index contributed by atoms with van der Waals surface area (Å²) < 4.78 is 4.92. The molecule has 0 unspecified atom stereocenters. The normalized spacial score (nSPS) is 10.5.